The van der Waals surface area contributed by atoms with Crippen LogP contribution in [0.2, 0.25) is 0 Å². The van der Waals surface area contributed by atoms with E-state index in [1.54, 1.807) is 0 Å². The molecule has 2 atom stereocenters. The number of nitrogens with zero attached hydrogens (tertiary/aromatic N) is 1. The smallest absolute Gasteiger partial charge is 0.311 e. The average molecular weight is 279 g/mol. The Balaban J connectivity index is 0.00000289. The fourth-order valence-electron chi connectivity index (χ4n) is 2.31. The highest BCUT2D eigenvalue weighted by molar-refractivity contribution is 5.85. The molecule has 4 nitrogen and oxygen atoms in total. The number of likely N-dealkylation sites (tertiary alicyclic amines) is 1. The van der Waals surface area contributed by atoms with Crippen molar-refractivity contribution in [1.82, 2.24) is 4.90 Å². The Morgan fingerprint density at radius 3 is 2.61 bits per heavy atom. The van der Waals surface area contributed by atoms with Crippen LogP contribution in [0, 0.1) is 11.3 Å². The van der Waals surface area contributed by atoms with Crippen LogP contribution in [-0.2, 0) is 9.53 Å². The second-order valence-electron chi connectivity index (χ2n) is 5.83. The third-order valence-electron chi connectivity index (χ3n) is 3.84. The topological polar surface area (TPSA) is 55.6 Å². The molecule has 1 heterocycles. The standard InChI is InChI=1S/C13H26N2O2.ClH/c1-10(14)11-5-7-15(9-11)8-6-13(2,3)12(16)17-4;/h10-11H,5-9,14H2,1-4H3;1H. The molecule has 0 aromatic heterocycles. The number of nitrogens with two attached hydrogens (primary N) is 1. The van der Waals surface area contributed by atoms with Gasteiger partial charge in [0.15, 0.2) is 0 Å². The fourth-order valence-corrected chi connectivity index (χ4v) is 2.31. The van der Waals surface area contributed by atoms with Crippen molar-refractivity contribution in [3.8, 4) is 0 Å². The zero-order chi connectivity index (χ0) is 13.1. The maximum atomic E-state index is 11.6. The molecule has 18 heavy (non-hydrogen) atoms. The van der Waals surface area contributed by atoms with Gasteiger partial charge in [0.05, 0.1) is 12.5 Å². The largest absolute Gasteiger partial charge is 0.469 e. The maximum Gasteiger partial charge on any atom is 0.311 e. The van der Waals surface area contributed by atoms with E-state index < -0.39 is 0 Å². The van der Waals surface area contributed by atoms with Crippen molar-refractivity contribution in [3.63, 3.8) is 0 Å². The van der Waals surface area contributed by atoms with E-state index in [1.807, 2.05) is 13.8 Å². The zero-order valence-electron chi connectivity index (χ0n) is 11.9. The summed E-state index contributed by atoms with van der Waals surface area (Å²) in [6.45, 7) is 9.08. The summed E-state index contributed by atoms with van der Waals surface area (Å²) in [5.74, 6) is 0.483. The number of esters is 1. The number of methoxy groups -OCH3 is 1. The van der Waals surface area contributed by atoms with Gasteiger partial charge in [-0.3, -0.25) is 4.79 Å². The molecule has 0 aliphatic carbocycles. The van der Waals surface area contributed by atoms with Crippen molar-refractivity contribution in [3.05, 3.63) is 0 Å². The van der Waals surface area contributed by atoms with Gasteiger partial charge in [-0.1, -0.05) is 0 Å². The van der Waals surface area contributed by atoms with E-state index in [4.69, 9.17) is 10.5 Å². The lowest BCUT2D eigenvalue weighted by Gasteiger charge is -2.25. The quantitative estimate of drug-likeness (QED) is 0.777. The van der Waals surface area contributed by atoms with Crippen LogP contribution in [0.5, 0.6) is 0 Å². The lowest BCUT2D eigenvalue weighted by atomic mass is 9.89. The van der Waals surface area contributed by atoms with Gasteiger partial charge in [0.2, 0.25) is 0 Å². The van der Waals surface area contributed by atoms with E-state index in [1.165, 1.54) is 13.5 Å². The molecule has 0 aromatic carbocycles. The van der Waals surface area contributed by atoms with Gasteiger partial charge < -0.3 is 15.4 Å². The molecule has 0 amide bonds. The van der Waals surface area contributed by atoms with Crippen LogP contribution < -0.4 is 5.73 Å². The van der Waals surface area contributed by atoms with Crippen LogP contribution in [0.3, 0.4) is 0 Å². The first kappa shape index (κ1) is 17.7. The van der Waals surface area contributed by atoms with E-state index in [9.17, 15) is 4.79 Å². The Bertz CT molecular complexity index is 270. The van der Waals surface area contributed by atoms with Crippen LogP contribution in [0.4, 0.5) is 0 Å². The van der Waals surface area contributed by atoms with Gasteiger partial charge in [0, 0.05) is 12.6 Å². The summed E-state index contributed by atoms with van der Waals surface area (Å²) < 4.78 is 4.81. The molecule has 0 spiro atoms. The van der Waals surface area contributed by atoms with E-state index in [-0.39, 0.29) is 29.8 Å². The van der Waals surface area contributed by atoms with Crippen molar-refractivity contribution in [2.45, 2.75) is 39.7 Å². The van der Waals surface area contributed by atoms with Gasteiger partial charge in [-0.2, -0.15) is 0 Å². The predicted molar refractivity (Wildman–Crippen MR) is 75.9 cm³/mol. The molecular formula is C13H27ClN2O2. The zero-order valence-corrected chi connectivity index (χ0v) is 12.8. The summed E-state index contributed by atoms with van der Waals surface area (Å²) in [5, 5.41) is 0. The van der Waals surface area contributed by atoms with Crippen LogP contribution in [0.1, 0.15) is 33.6 Å². The fraction of sp³-hybridized carbons (Fsp3) is 0.923. The maximum absolute atomic E-state index is 11.6. The summed E-state index contributed by atoms with van der Waals surface area (Å²) in [6.07, 6.45) is 2.02. The first-order valence-electron chi connectivity index (χ1n) is 6.43. The summed E-state index contributed by atoms with van der Waals surface area (Å²) in [6, 6.07) is 0.272. The minimum atomic E-state index is -0.388. The van der Waals surface area contributed by atoms with Gasteiger partial charge in [-0.05, 0) is 52.6 Å². The molecule has 2 N–H and O–H groups in total. The number of carbonyl (C=O) groups is 1. The molecule has 2 unspecified atom stereocenters. The normalized spacial score (nSPS) is 22.4. The van der Waals surface area contributed by atoms with E-state index in [0.29, 0.717) is 5.92 Å². The summed E-state index contributed by atoms with van der Waals surface area (Å²) >= 11 is 0. The highest BCUT2D eigenvalue weighted by atomic mass is 35.5. The Morgan fingerprint density at radius 1 is 1.56 bits per heavy atom. The SMILES string of the molecule is COC(=O)C(C)(C)CCN1CCC(C(C)N)C1.Cl. The predicted octanol–water partition coefficient (Wildman–Crippen LogP) is 1.67. The number of rotatable bonds is 5. The third-order valence-corrected chi connectivity index (χ3v) is 3.84. The van der Waals surface area contributed by atoms with Crippen molar-refractivity contribution >= 4 is 18.4 Å². The van der Waals surface area contributed by atoms with Gasteiger partial charge in [0.25, 0.3) is 0 Å². The molecule has 108 valence electrons. The molecule has 0 aromatic rings. The molecule has 1 rings (SSSR count). The van der Waals surface area contributed by atoms with Crippen LogP contribution in [-0.4, -0.2) is 43.7 Å². The van der Waals surface area contributed by atoms with Gasteiger partial charge in [-0.15, -0.1) is 12.4 Å². The molecule has 0 bridgehead atoms. The van der Waals surface area contributed by atoms with E-state index >= 15 is 0 Å². The van der Waals surface area contributed by atoms with Crippen LogP contribution in [0.25, 0.3) is 0 Å². The minimum absolute atomic E-state index is 0. The highest BCUT2D eigenvalue weighted by Crippen LogP contribution is 2.25. The second kappa shape index (κ2) is 7.31. The number of ether oxygens (including phenoxy) is 1. The van der Waals surface area contributed by atoms with Crippen LogP contribution >= 0.6 is 12.4 Å². The Hall–Kier alpha value is -0.320. The van der Waals surface area contributed by atoms with Gasteiger partial charge in [0.1, 0.15) is 0 Å². The van der Waals surface area contributed by atoms with Gasteiger partial charge >= 0.3 is 5.97 Å². The average Bonchev–Trinajstić information content (AvgIpc) is 2.74. The lowest BCUT2D eigenvalue weighted by Crippen LogP contribution is -2.33. The minimum Gasteiger partial charge on any atom is -0.469 e. The molecule has 1 fully saturated rings. The van der Waals surface area contributed by atoms with Crippen molar-refractivity contribution in [1.29, 1.82) is 0 Å². The summed E-state index contributed by atoms with van der Waals surface area (Å²) in [7, 11) is 1.45. The lowest BCUT2D eigenvalue weighted by molar-refractivity contribution is -0.151. The van der Waals surface area contributed by atoms with Crippen molar-refractivity contribution < 1.29 is 9.53 Å². The highest BCUT2D eigenvalue weighted by Gasteiger charge is 2.31. The molecule has 1 aliphatic rings. The molecule has 1 saturated heterocycles. The molecule has 1 aliphatic heterocycles. The third kappa shape index (κ3) is 4.75. The van der Waals surface area contributed by atoms with Crippen LogP contribution in [0.15, 0.2) is 0 Å². The number of carbonyl (C=O) groups excluding carboxylic acids is 1. The van der Waals surface area contributed by atoms with E-state index in [0.717, 1.165) is 26.1 Å². The first-order valence-corrected chi connectivity index (χ1v) is 6.43. The second-order valence-corrected chi connectivity index (χ2v) is 5.83. The molecular weight excluding hydrogens is 252 g/mol. The van der Waals surface area contributed by atoms with Crippen molar-refractivity contribution in [2.24, 2.45) is 17.1 Å². The Kier molecular flexibility index (Phi) is 7.18. The number of hydrogen-bond acceptors (Lipinski definition) is 4. The van der Waals surface area contributed by atoms with Gasteiger partial charge in [-0.25, -0.2) is 0 Å². The Morgan fingerprint density at radius 2 is 2.17 bits per heavy atom. The number of halogens is 1. The monoisotopic (exact) mass is 278 g/mol. The number of hydrogen-bond donors (Lipinski definition) is 1. The molecule has 0 radical (unpaired) electrons. The van der Waals surface area contributed by atoms with Crippen molar-refractivity contribution in [2.75, 3.05) is 26.7 Å². The molecule has 5 heteroatoms. The first-order chi connectivity index (χ1) is 7.86. The summed E-state index contributed by atoms with van der Waals surface area (Å²) in [5.41, 5.74) is 5.52. The van der Waals surface area contributed by atoms with E-state index in [2.05, 4.69) is 11.8 Å². The summed E-state index contributed by atoms with van der Waals surface area (Å²) in [4.78, 5) is 14.0. The molecule has 0 saturated carbocycles. The Labute approximate surface area is 117 Å².